The molecule has 0 aliphatic carbocycles. The predicted molar refractivity (Wildman–Crippen MR) is 160 cm³/mol. The summed E-state index contributed by atoms with van der Waals surface area (Å²) in [5.41, 5.74) is 4.98. The van der Waals surface area contributed by atoms with Gasteiger partial charge in [-0.25, -0.2) is 5.43 Å². The molecule has 2 amide bonds. The topological polar surface area (TPSA) is 117 Å². The minimum atomic E-state index is -0.475. The van der Waals surface area contributed by atoms with E-state index in [2.05, 4.69) is 20.5 Å². The summed E-state index contributed by atoms with van der Waals surface area (Å²) in [5, 5.41) is 15.3. The van der Waals surface area contributed by atoms with Crippen molar-refractivity contribution in [2.45, 2.75) is 13.1 Å². The number of aromatic nitrogens is 2. The minimum absolute atomic E-state index is 0.0725. The third kappa shape index (κ3) is 7.07. The molecule has 0 aliphatic rings. The van der Waals surface area contributed by atoms with Crippen molar-refractivity contribution in [2.75, 3.05) is 6.61 Å². The van der Waals surface area contributed by atoms with Crippen LogP contribution in [0.4, 0.5) is 0 Å². The molecular formula is C32H26ClN5O4. The number of nitrogens with zero attached hydrogens (tertiary/aromatic N) is 4. The summed E-state index contributed by atoms with van der Waals surface area (Å²) >= 11 is 5.89. The normalized spacial score (nSPS) is 11.0. The Bertz CT molecular complexity index is 1690. The largest absolute Gasteiger partial charge is 0.506 e. The number of carbonyl (C=O) groups is 2. The third-order valence-corrected chi connectivity index (χ3v) is 6.66. The fourth-order valence-corrected chi connectivity index (χ4v) is 4.42. The molecule has 5 aromatic rings. The summed E-state index contributed by atoms with van der Waals surface area (Å²) in [5.74, 6) is -0.259. The SMILES string of the molecule is O=C(NN=Cc1ccc(OCC(=O)N(Cc2ccccn2)Cc2ccccn2)c2ccccc12)c1ccc(O)c(Cl)c1. The number of nitrogens with one attached hydrogen (secondary N) is 1. The smallest absolute Gasteiger partial charge is 0.271 e. The highest BCUT2D eigenvalue weighted by atomic mass is 35.5. The number of hydrazone groups is 1. The molecule has 0 saturated carbocycles. The molecule has 0 fully saturated rings. The van der Waals surface area contributed by atoms with E-state index < -0.39 is 5.91 Å². The number of ether oxygens (including phenoxy) is 1. The van der Waals surface area contributed by atoms with E-state index in [0.717, 1.165) is 27.7 Å². The lowest BCUT2D eigenvalue weighted by molar-refractivity contribution is -0.134. The van der Waals surface area contributed by atoms with Gasteiger partial charge in [-0.1, -0.05) is 48.0 Å². The molecule has 5 rings (SSSR count). The molecule has 0 unspecified atom stereocenters. The van der Waals surface area contributed by atoms with Crippen molar-refractivity contribution in [3.8, 4) is 11.5 Å². The Balaban J connectivity index is 1.29. The van der Waals surface area contributed by atoms with Crippen LogP contribution in [0.1, 0.15) is 27.3 Å². The minimum Gasteiger partial charge on any atom is -0.506 e. The zero-order chi connectivity index (χ0) is 29.3. The Labute approximate surface area is 247 Å². The van der Waals surface area contributed by atoms with Gasteiger partial charge in [0.2, 0.25) is 0 Å². The zero-order valence-corrected chi connectivity index (χ0v) is 23.1. The fourth-order valence-electron chi connectivity index (χ4n) is 4.24. The molecule has 2 heterocycles. The van der Waals surface area contributed by atoms with Gasteiger partial charge in [0.25, 0.3) is 11.8 Å². The lowest BCUT2D eigenvalue weighted by Crippen LogP contribution is -2.34. The van der Waals surface area contributed by atoms with Crippen LogP contribution in [0.3, 0.4) is 0 Å². The van der Waals surface area contributed by atoms with E-state index in [4.69, 9.17) is 16.3 Å². The monoisotopic (exact) mass is 579 g/mol. The van der Waals surface area contributed by atoms with Gasteiger partial charge in [0.15, 0.2) is 6.61 Å². The Hall–Kier alpha value is -5.28. The van der Waals surface area contributed by atoms with Crippen molar-refractivity contribution in [3.63, 3.8) is 0 Å². The van der Waals surface area contributed by atoms with E-state index in [9.17, 15) is 14.7 Å². The van der Waals surface area contributed by atoms with Crippen LogP contribution in [0, 0.1) is 0 Å². The van der Waals surface area contributed by atoms with Gasteiger partial charge < -0.3 is 14.7 Å². The first-order chi connectivity index (χ1) is 20.5. The number of benzene rings is 3. The molecule has 9 nitrogen and oxygen atoms in total. The summed E-state index contributed by atoms with van der Waals surface area (Å²) in [4.78, 5) is 36.2. The van der Waals surface area contributed by atoms with E-state index >= 15 is 0 Å². The molecule has 0 bridgehead atoms. The number of carbonyl (C=O) groups excluding carboxylic acids is 2. The molecule has 10 heteroatoms. The van der Waals surface area contributed by atoms with E-state index in [1.54, 1.807) is 29.4 Å². The van der Waals surface area contributed by atoms with Gasteiger partial charge in [-0.05, 0) is 60.0 Å². The number of aromatic hydroxyl groups is 1. The Morgan fingerprint density at radius 2 is 1.55 bits per heavy atom. The summed E-state index contributed by atoms with van der Waals surface area (Å²) in [6, 6.07) is 26.4. The van der Waals surface area contributed by atoms with Crippen molar-refractivity contribution >= 4 is 40.4 Å². The summed E-state index contributed by atoms with van der Waals surface area (Å²) in [7, 11) is 0. The van der Waals surface area contributed by atoms with Crippen LogP contribution in [0.15, 0.2) is 108 Å². The molecule has 0 saturated heterocycles. The highest BCUT2D eigenvalue weighted by molar-refractivity contribution is 6.32. The van der Waals surface area contributed by atoms with Crippen LogP contribution in [0.25, 0.3) is 10.8 Å². The predicted octanol–water partition coefficient (Wildman–Crippen LogP) is 5.36. The Morgan fingerprint density at radius 3 is 2.19 bits per heavy atom. The van der Waals surface area contributed by atoms with Crippen molar-refractivity contribution in [1.29, 1.82) is 0 Å². The molecule has 42 heavy (non-hydrogen) atoms. The van der Waals surface area contributed by atoms with E-state index in [1.165, 1.54) is 24.4 Å². The number of fused-ring (bicyclic) bond motifs is 1. The quantitative estimate of drug-likeness (QED) is 0.170. The average molecular weight is 580 g/mol. The number of halogens is 1. The first-order valence-electron chi connectivity index (χ1n) is 13.0. The number of pyridine rings is 2. The molecule has 0 aliphatic heterocycles. The van der Waals surface area contributed by atoms with Gasteiger partial charge in [-0.15, -0.1) is 0 Å². The third-order valence-electron chi connectivity index (χ3n) is 6.36. The lowest BCUT2D eigenvalue weighted by Gasteiger charge is -2.22. The molecule has 2 aromatic heterocycles. The number of phenolic OH excluding ortho intramolecular Hbond substituents is 1. The first kappa shape index (κ1) is 28.3. The van der Waals surface area contributed by atoms with Crippen LogP contribution < -0.4 is 10.2 Å². The van der Waals surface area contributed by atoms with E-state index in [0.29, 0.717) is 18.8 Å². The highest BCUT2D eigenvalue weighted by Crippen LogP contribution is 2.28. The molecule has 0 atom stereocenters. The molecule has 210 valence electrons. The van der Waals surface area contributed by atoms with E-state index in [1.807, 2.05) is 60.7 Å². The van der Waals surface area contributed by atoms with Gasteiger partial charge in [-0.2, -0.15) is 5.10 Å². The second-order valence-electron chi connectivity index (χ2n) is 9.24. The van der Waals surface area contributed by atoms with Crippen LogP contribution in [-0.2, 0) is 17.9 Å². The number of hydrogen-bond donors (Lipinski definition) is 2. The van der Waals surface area contributed by atoms with E-state index in [-0.39, 0.29) is 28.8 Å². The Kier molecular flexibility index (Phi) is 9.00. The van der Waals surface area contributed by atoms with Crippen LogP contribution in [-0.4, -0.2) is 44.6 Å². The standard InChI is InChI=1S/C32H26ClN5O4/c33-28-17-22(11-13-29(28)39)32(41)37-36-18-23-12-14-30(27-10-2-1-9-26(23)27)42-21-31(40)38(19-24-7-3-5-15-34-24)20-25-8-4-6-16-35-25/h1-18,39H,19-21H2,(H,37,41). The van der Waals surface area contributed by atoms with Crippen LogP contribution in [0.5, 0.6) is 11.5 Å². The van der Waals surface area contributed by atoms with Gasteiger partial charge in [0.05, 0.1) is 35.7 Å². The van der Waals surface area contributed by atoms with Gasteiger partial charge >= 0.3 is 0 Å². The lowest BCUT2D eigenvalue weighted by atomic mass is 10.0. The van der Waals surface area contributed by atoms with Crippen molar-refractivity contribution in [3.05, 3.63) is 131 Å². The fraction of sp³-hybridized carbons (Fsp3) is 0.0938. The van der Waals surface area contributed by atoms with Gasteiger partial charge in [0.1, 0.15) is 11.5 Å². The first-order valence-corrected chi connectivity index (χ1v) is 13.4. The van der Waals surface area contributed by atoms with Crippen molar-refractivity contribution in [2.24, 2.45) is 5.10 Å². The molecule has 2 N–H and O–H groups in total. The average Bonchev–Trinajstić information content (AvgIpc) is 3.02. The second-order valence-corrected chi connectivity index (χ2v) is 9.65. The molecule has 0 spiro atoms. The number of hydrogen-bond acceptors (Lipinski definition) is 7. The summed E-state index contributed by atoms with van der Waals surface area (Å²) in [6.45, 7) is 0.456. The molecule has 0 radical (unpaired) electrons. The maximum absolute atomic E-state index is 13.4. The molecular weight excluding hydrogens is 554 g/mol. The van der Waals surface area contributed by atoms with Crippen LogP contribution in [0.2, 0.25) is 5.02 Å². The Morgan fingerprint density at radius 1 is 0.881 bits per heavy atom. The van der Waals surface area contributed by atoms with Gasteiger partial charge in [0, 0.05) is 28.9 Å². The highest BCUT2D eigenvalue weighted by Gasteiger charge is 2.18. The second kappa shape index (κ2) is 13.4. The maximum atomic E-state index is 13.4. The number of phenols is 1. The summed E-state index contributed by atoms with van der Waals surface area (Å²) < 4.78 is 6.03. The van der Waals surface area contributed by atoms with Crippen molar-refractivity contribution < 1.29 is 19.4 Å². The maximum Gasteiger partial charge on any atom is 0.271 e. The summed E-state index contributed by atoms with van der Waals surface area (Å²) in [6.07, 6.45) is 4.92. The van der Waals surface area contributed by atoms with Crippen molar-refractivity contribution in [1.82, 2.24) is 20.3 Å². The van der Waals surface area contributed by atoms with Crippen LogP contribution >= 0.6 is 11.6 Å². The zero-order valence-electron chi connectivity index (χ0n) is 22.4. The number of rotatable bonds is 10. The molecule has 3 aromatic carbocycles. The van der Waals surface area contributed by atoms with Gasteiger partial charge in [-0.3, -0.25) is 19.6 Å². The number of amides is 2.